The Morgan fingerprint density at radius 3 is 2.36 bits per heavy atom. The van der Waals surface area contributed by atoms with Crippen LogP contribution in [0.25, 0.3) is 0 Å². The van der Waals surface area contributed by atoms with Crippen molar-refractivity contribution in [1.29, 1.82) is 0 Å². The van der Waals surface area contributed by atoms with E-state index in [-0.39, 0.29) is 43.6 Å². The summed E-state index contributed by atoms with van der Waals surface area (Å²) in [5.41, 5.74) is 0.829. The van der Waals surface area contributed by atoms with E-state index >= 15 is 0 Å². The highest BCUT2D eigenvalue weighted by atomic mass is 35.5. The highest BCUT2D eigenvalue weighted by molar-refractivity contribution is 7.89. The normalized spacial score (nSPS) is 15.5. The summed E-state index contributed by atoms with van der Waals surface area (Å²) in [6.07, 6.45) is 0. The molecule has 0 aromatic heterocycles. The van der Waals surface area contributed by atoms with E-state index in [1.165, 1.54) is 16.4 Å². The van der Waals surface area contributed by atoms with Crippen molar-refractivity contribution >= 4 is 27.5 Å². The first-order valence-electron chi connectivity index (χ1n) is 8.70. The van der Waals surface area contributed by atoms with Crippen LogP contribution in [0.4, 0.5) is 4.39 Å². The Hall–Kier alpha value is -2.16. The molecule has 0 radical (unpaired) electrons. The molecule has 0 spiro atoms. The van der Waals surface area contributed by atoms with E-state index in [0.717, 1.165) is 17.7 Å². The molecule has 1 aliphatic heterocycles. The van der Waals surface area contributed by atoms with Crippen LogP contribution >= 0.6 is 11.6 Å². The average molecular weight is 427 g/mol. The molecule has 1 aliphatic rings. The lowest BCUT2D eigenvalue weighted by Crippen LogP contribution is -2.51. The van der Waals surface area contributed by atoms with E-state index in [0.29, 0.717) is 10.8 Å². The van der Waals surface area contributed by atoms with Gasteiger partial charge in [-0.15, -0.1) is 0 Å². The van der Waals surface area contributed by atoms with Gasteiger partial charge in [-0.05, 0) is 55.0 Å². The van der Waals surface area contributed by atoms with Crippen molar-refractivity contribution in [1.82, 2.24) is 9.21 Å². The quantitative estimate of drug-likeness (QED) is 0.737. The van der Waals surface area contributed by atoms with Crippen LogP contribution in [-0.2, 0) is 14.8 Å². The summed E-state index contributed by atoms with van der Waals surface area (Å²) < 4.78 is 45.1. The van der Waals surface area contributed by atoms with Gasteiger partial charge in [0, 0.05) is 31.2 Å². The Kier molecular flexibility index (Phi) is 6.22. The van der Waals surface area contributed by atoms with Crippen LogP contribution in [0.15, 0.2) is 47.4 Å². The van der Waals surface area contributed by atoms with Gasteiger partial charge in [0.1, 0.15) is 11.6 Å². The van der Waals surface area contributed by atoms with Gasteiger partial charge in [-0.1, -0.05) is 11.6 Å². The second-order valence-corrected chi connectivity index (χ2v) is 8.81. The van der Waals surface area contributed by atoms with Crippen LogP contribution in [0, 0.1) is 12.7 Å². The zero-order chi connectivity index (χ0) is 20.3. The minimum absolute atomic E-state index is 0.0372. The van der Waals surface area contributed by atoms with Crippen molar-refractivity contribution in [3.63, 3.8) is 0 Å². The molecule has 0 bridgehead atoms. The lowest BCUT2D eigenvalue weighted by Gasteiger charge is -2.34. The number of sulfonamides is 1. The van der Waals surface area contributed by atoms with E-state index < -0.39 is 15.8 Å². The molecule has 0 unspecified atom stereocenters. The summed E-state index contributed by atoms with van der Waals surface area (Å²) in [6, 6.07) is 9.85. The predicted octanol–water partition coefficient (Wildman–Crippen LogP) is 2.70. The summed E-state index contributed by atoms with van der Waals surface area (Å²) in [7, 11) is -3.71. The third-order valence-electron chi connectivity index (χ3n) is 4.53. The fourth-order valence-corrected chi connectivity index (χ4v) is 4.59. The van der Waals surface area contributed by atoms with Gasteiger partial charge in [0.05, 0.1) is 4.90 Å². The second-order valence-electron chi connectivity index (χ2n) is 6.44. The van der Waals surface area contributed by atoms with Crippen LogP contribution in [0.2, 0.25) is 5.02 Å². The molecule has 150 valence electrons. The zero-order valence-corrected chi connectivity index (χ0v) is 16.8. The Morgan fingerprint density at radius 2 is 1.75 bits per heavy atom. The number of amides is 1. The van der Waals surface area contributed by atoms with Gasteiger partial charge in [-0.25, -0.2) is 12.8 Å². The molecule has 3 rings (SSSR count). The molecule has 2 aromatic rings. The zero-order valence-electron chi connectivity index (χ0n) is 15.3. The van der Waals surface area contributed by atoms with Gasteiger partial charge >= 0.3 is 0 Å². The standard InChI is InChI=1S/C19H20ClFN2O4S/c1-14-12-15(20)2-7-18(14)27-13-19(24)22-8-10-23(11-9-22)28(25,26)17-5-3-16(21)4-6-17/h2-7,12H,8-11,13H2,1H3. The first-order chi connectivity index (χ1) is 13.3. The Bertz CT molecular complexity index is 958. The van der Waals surface area contributed by atoms with E-state index in [1.807, 2.05) is 6.92 Å². The number of carbonyl (C=O) groups is 1. The fraction of sp³-hybridized carbons (Fsp3) is 0.316. The molecule has 2 aromatic carbocycles. The second kappa shape index (κ2) is 8.46. The number of aryl methyl sites for hydroxylation is 1. The van der Waals surface area contributed by atoms with E-state index in [9.17, 15) is 17.6 Å². The Morgan fingerprint density at radius 1 is 1.11 bits per heavy atom. The minimum atomic E-state index is -3.71. The maximum Gasteiger partial charge on any atom is 0.260 e. The monoisotopic (exact) mass is 426 g/mol. The average Bonchev–Trinajstić information content (AvgIpc) is 2.67. The number of halogens is 2. The number of hydrogen-bond donors (Lipinski definition) is 0. The predicted molar refractivity (Wildman–Crippen MR) is 103 cm³/mol. The molecular formula is C19H20ClFN2O4S. The fourth-order valence-electron chi connectivity index (χ4n) is 2.94. The molecule has 6 nitrogen and oxygen atoms in total. The lowest BCUT2D eigenvalue weighted by molar-refractivity contribution is -0.134. The topological polar surface area (TPSA) is 66.9 Å². The molecule has 1 fully saturated rings. The highest BCUT2D eigenvalue weighted by Gasteiger charge is 2.30. The van der Waals surface area contributed by atoms with Crippen LogP contribution in [0.1, 0.15) is 5.56 Å². The Balaban J connectivity index is 1.55. The van der Waals surface area contributed by atoms with Crippen molar-refractivity contribution in [3.05, 3.63) is 58.9 Å². The first kappa shape index (κ1) is 20.6. The third-order valence-corrected chi connectivity index (χ3v) is 6.68. The van der Waals surface area contributed by atoms with Gasteiger partial charge in [-0.3, -0.25) is 4.79 Å². The summed E-state index contributed by atoms with van der Waals surface area (Å²) >= 11 is 5.90. The van der Waals surface area contributed by atoms with Crippen molar-refractivity contribution in [2.75, 3.05) is 32.8 Å². The molecule has 9 heteroatoms. The van der Waals surface area contributed by atoms with Gasteiger partial charge in [-0.2, -0.15) is 4.31 Å². The molecular weight excluding hydrogens is 407 g/mol. The summed E-state index contributed by atoms with van der Waals surface area (Å²) in [5.74, 6) is -0.131. The summed E-state index contributed by atoms with van der Waals surface area (Å²) in [4.78, 5) is 14.0. The third kappa shape index (κ3) is 4.63. The molecule has 0 aliphatic carbocycles. The van der Waals surface area contributed by atoms with Crippen LogP contribution in [0.5, 0.6) is 5.75 Å². The van der Waals surface area contributed by atoms with E-state index in [1.54, 1.807) is 23.1 Å². The summed E-state index contributed by atoms with van der Waals surface area (Å²) in [6.45, 7) is 2.58. The minimum Gasteiger partial charge on any atom is -0.483 e. The molecule has 1 amide bonds. The van der Waals surface area contributed by atoms with Crippen molar-refractivity contribution < 1.29 is 22.3 Å². The number of hydrogen-bond acceptors (Lipinski definition) is 4. The van der Waals surface area contributed by atoms with Gasteiger partial charge in [0.2, 0.25) is 10.0 Å². The SMILES string of the molecule is Cc1cc(Cl)ccc1OCC(=O)N1CCN(S(=O)(=O)c2ccc(F)cc2)CC1. The smallest absolute Gasteiger partial charge is 0.260 e. The van der Waals surface area contributed by atoms with Gasteiger partial charge in [0.25, 0.3) is 5.91 Å². The maximum absolute atomic E-state index is 13.0. The highest BCUT2D eigenvalue weighted by Crippen LogP contribution is 2.22. The van der Waals surface area contributed by atoms with Crippen LogP contribution in [-0.4, -0.2) is 56.3 Å². The number of nitrogens with zero attached hydrogens (tertiary/aromatic N) is 2. The number of rotatable bonds is 5. The molecule has 0 atom stereocenters. The lowest BCUT2D eigenvalue weighted by atomic mass is 10.2. The van der Waals surface area contributed by atoms with Crippen molar-refractivity contribution in [2.45, 2.75) is 11.8 Å². The maximum atomic E-state index is 13.0. The van der Waals surface area contributed by atoms with Crippen molar-refractivity contribution in [2.24, 2.45) is 0 Å². The molecule has 1 saturated heterocycles. The molecule has 1 heterocycles. The van der Waals surface area contributed by atoms with E-state index in [2.05, 4.69) is 0 Å². The number of ether oxygens (including phenoxy) is 1. The van der Waals surface area contributed by atoms with E-state index in [4.69, 9.17) is 16.3 Å². The van der Waals surface area contributed by atoms with Gasteiger partial charge < -0.3 is 9.64 Å². The first-order valence-corrected chi connectivity index (χ1v) is 10.5. The molecule has 0 N–H and O–H groups in total. The molecule has 28 heavy (non-hydrogen) atoms. The Labute approximate surface area is 168 Å². The largest absolute Gasteiger partial charge is 0.483 e. The molecule has 0 saturated carbocycles. The van der Waals surface area contributed by atoms with Gasteiger partial charge in [0.15, 0.2) is 6.61 Å². The summed E-state index contributed by atoms with van der Waals surface area (Å²) in [5, 5.41) is 0.592. The van der Waals surface area contributed by atoms with Crippen LogP contribution < -0.4 is 4.74 Å². The van der Waals surface area contributed by atoms with Crippen molar-refractivity contribution in [3.8, 4) is 5.75 Å². The number of carbonyl (C=O) groups excluding carboxylic acids is 1. The van der Waals surface area contributed by atoms with Crippen LogP contribution in [0.3, 0.4) is 0 Å². The number of benzene rings is 2. The number of piperazine rings is 1.